The third-order valence-corrected chi connectivity index (χ3v) is 6.59. The molecule has 7 heteroatoms. The number of methoxy groups -OCH3 is 1. The second-order valence-electron chi connectivity index (χ2n) is 9.17. The Morgan fingerprint density at radius 2 is 2.00 bits per heavy atom. The van der Waals surface area contributed by atoms with Gasteiger partial charge in [-0.25, -0.2) is 8.78 Å². The first-order chi connectivity index (χ1) is 16.0. The maximum atomic E-state index is 15.0. The summed E-state index contributed by atoms with van der Waals surface area (Å²) in [5.41, 5.74) is 0. The lowest BCUT2D eigenvalue weighted by Gasteiger charge is -2.28. The van der Waals surface area contributed by atoms with Crippen LogP contribution in [-0.2, 0) is 19.0 Å². The molecule has 1 saturated carbocycles. The number of hydrogen-bond acceptors (Lipinski definition) is 5. The minimum atomic E-state index is -1.31. The van der Waals surface area contributed by atoms with E-state index in [1.54, 1.807) is 12.2 Å². The molecule has 5 nitrogen and oxygen atoms in total. The summed E-state index contributed by atoms with van der Waals surface area (Å²) in [6.07, 6.45) is 9.88. The standard InChI is InChI=1S/C26H42F2O5/c1-3-4-10-20(27)23(33-25-13-8-9-18-32-25)17-15-19-14-16-22(29)26(19)21(28)11-6-5-7-12-24(30)31-2/h6,11,15,17,19-23,25-26,29H,3-5,7-10,12-14,16,18H2,1-2H3/t19-,20-,21+,22+,23-,25?,26+/m1/s1. The van der Waals surface area contributed by atoms with Crippen LogP contribution < -0.4 is 0 Å². The molecule has 1 unspecified atom stereocenters. The Morgan fingerprint density at radius 1 is 1.18 bits per heavy atom. The first-order valence-corrected chi connectivity index (χ1v) is 12.6. The number of aliphatic hydroxyl groups excluding tert-OH is 1. The molecule has 190 valence electrons. The van der Waals surface area contributed by atoms with E-state index in [0.29, 0.717) is 45.1 Å². The van der Waals surface area contributed by atoms with E-state index in [1.165, 1.54) is 13.2 Å². The highest BCUT2D eigenvalue weighted by Crippen LogP contribution is 2.38. The minimum absolute atomic E-state index is 0.188. The second-order valence-corrected chi connectivity index (χ2v) is 9.17. The van der Waals surface area contributed by atoms with Crippen molar-refractivity contribution in [1.29, 1.82) is 0 Å². The Kier molecular flexibility index (Phi) is 13.2. The summed E-state index contributed by atoms with van der Waals surface area (Å²) < 4.78 is 46.1. The van der Waals surface area contributed by atoms with Crippen LogP contribution in [0.15, 0.2) is 24.3 Å². The van der Waals surface area contributed by atoms with Gasteiger partial charge in [0, 0.05) is 18.9 Å². The van der Waals surface area contributed by atoms with Crippen LogP contribution in [0.5, 0.6) is 0 Å². The van der Waals surface area contributed by atoms with Crippen LogP contribution in [-0.4, -0.2) is 55.6 Å². The zero-order chi connectivity index (χ0) is 24.1. The number of carbonyl (C=O) groups is 1. The first-order valence-electron chi connectivity index (χ1n) is 12.6. The molecule has 0 aromatic heterocycles. The normalized spacial score (nSPS) is 28.9. The van der Waals surface area contributed by atoms with Gasteiger partial charge in [0.1, 0.15) is 18.4 Å². The van der Waals surface area contributed by atoms with Crippen molar-refractivity contribution in [2.24, 2.45) is 11.8 Å². The minimum Gasteiger partial charge on any atom is -0.469 e. The summed E-state index contributed by atoms with van der Waals surface area (Å²) in [4.78, 5) is 11.2. The smallest absolute Gasteiger partial charge is 0.305 e. The van der Waals surface area contributed by atoms with E-state index in [9.17, 15) is 18.7 Å². The number of ether oxygens (including phenoxy) is 3. The molecule has 0 aromatic rings. The molecule has 1 N–H and O–H groups in total. The van der Waals surface area contributed by atoms with Crippen LogP contribution in [0.3, 0.4) is 0 Å². The molecule has 2 aliphatic rings. The van der Waals surface area contributed by atoms with Crippen molar-refractivity contribution < 1.29 is 32.9 Å². The number of allylic oxidation sites excluding steroid dienone is 3. The van der Waals surface area contributed by atoms with E-state index in [1.807, 2.05) is 13.0 Å². The van der Waals surface area contributed by atoms with Gasteiger partial charge in [-0.2, -0.15) is 0 Å². The van der Waals surface area contributed by atoms with Gasteiger partial charge < -0.3 is 19.3 Å². The summed E-state index contributed by atoms with van der Waals surface area (Å²) in [5.74, 6) is -1.04. The fourth-order valence-corrected chi connectivity index (χ4v) is 4.59. The average Bonchev–Trinajstić information content (AvgIpc) is 3.20. The lowest BCUT2D eigenvalue weighted by atomic mass is 9.89. The van der Waals surface area contributed by atoms with Gasteiger partial charge in [0.05, 0.1) is 13.2 Å². The number of halogens is 2. The first kappa shape index (κ1) is 27.9. The van der Waals surface area contributed by atoms with Crippen molar-refractivity contribution in [3.63, 3.8) is 0 Å². The topological polar surface area (TPSA) is 65.0 Å². The van der Waals surface area contributed by atoms with Crippen LogP contribution in [0.2, 0.25) is 0 Å². The van der Waals surface area contributed by atoms with Crippen LogP contribution in [0.25, 0.3) is 0 Å². The summed E-state index contributed by atoms with van der Waals surface area (Å²) in [7, 11) is 1.34. The average molecular weight is 473 g/mol. The molecule has 1 saturated heterocycles. The molecule has 2 rings (SSSR count). The van der Waals surface area contributed by atoms with Gasteiger partial charge in [0.25, 0.3) is 0 Å². The Hall–Kier alpha value is -1.31. The number of esters is 1. The Morgan fingerprint density at radius 3 is 2.70 bits per heavy atom. The molecule has 1 aliphatic heterocycles. The van der Waals surface area contributed by atoms with Gasteiger partial charge in [-0.1, -0.05) is 44.1 Å². The lowest BCUT2D eigenvalue weighted by molar-refractivity contribution is -0.189. The molecule has 0 spiro atoms. The summed E-state index contributed by atoms with van der Waals surface area (Å²) in [6.45, 7) is 2.65. The fourth-order valence-electron chi connectivity index (χ4n) is 4.59. The van der Waals surface area contributed by atoms with Crippen LogP contribution >= 0.6 is 0 Å². The van der Waals surface area contributed by atoms with Gasteiger partial charge >= 0.3 is 5.97 Å². The second kappa shape index (κ2) is 15.6. The Balaban J connectivity index is 1.96. The number of hydrogen-bond donors (Lipinski definition) is 1. The van der Waals surface area contributed by atoms with Crippen LogP contribution in [0.4, 0.5) is 8.78 Å². The van der Waals surface area contributed by atoms with E-state index in [0.717, 1.165) is 32.1 Å². The van der Waals surface area contributed by atoms with Crippen molar-refractivity contribution in [1.82, 2.24) is 0 Å². The molecule has 0 bridgehead atoms. The number of alkyl halides is 2. The molecule has 0 aromatic carbocycles. The van der Waals surface area contributed by atoms with Crippen LogP contribution in [0, 0.1) is 11.8 Å². The quantitative estimate of drug-likeness (QED) is 0.202. The van der Waals surface area contributed by atoms with Crippen molar-refractivity contribution in [3.8, 4) is 0 Å². The zero-order valence-electron chi connectivity index (χ0n) is 20.2. The van der Waals surface area contributed by atoms with E-state index >= 15 is 0 Å². The predicted molar refractivity (Wildman–Crippen MR) is 124 cm³/mol. The van der Waals surface area contributed by atoms with E-state index in [4.69, 9.17) is 9.47 Å². The fraction of sp³-hybridized carbons (Fsp3) is 0.808. The number of unbranched alkanes of at least 4 members (excludes halogenated alkanes) is 2. The largest absolute Gasteiger partial charge is 0.469 e. The molecule has 33 heavy (non-hydrogen) atoms. The monoisotopic (exact) mass is 472 g/mol. The number of aliphatic hydroxyl groups is 1. The van der Waals surface area contributed by atoms with Gasteiger partial charge in [-0.3, -0.25) is 4.79 Å². The molecular formula is C26H42F2O5. The highest BCUT2D eigenvalue weighted by Gasteiger charge is 2.38. The van der Waals surface area contributed by atoms with Crippen molar-refractivity contribution in [3.05, 3.63) is 24.3 Å². The van der Waals surface area contributed by atoms with E-state index < -0.39 is 36.8 Å². The van der Waals surface area contributed by atoms with Crippen LogP contribution in [0.1, 0.15) is 77.6 Å². The van der Waals surface area contributed by atoms with Gasteiger partial charge in [0.15, 0.2) is 6.29 Å². The summed E-state index contributed by atoms with van der Waals surface area (Å²) >= 11 is 0. The highest BCUT2D eigenvalue weighted by atomic mass is 19.1. The molecule has 0 amide bonds. The van der Waals surface area contributed by atoms with Crippen molar-refractivity contribution in [2.45, 2.75) is 108 Å². The number of rotatable bonds is 14. The maximum Gasteiger partial charge on any atom is 0.305 e. The molecule has 0 radical (unpaired) electrons. The molecular weight excluding hydrogens is 430 g/mol. The van der Waals surface area contributed by atoms with E-state index in [2.05, 4.69) is 4.74 Å². The number of carbonyl (C=O) groups excluding carboxylic acids is 1. The van der Waals surface area contributed by atoms with E-state index in [-0.39, 0.29) is 11.9 Å². The lowest BCUT2D eigenvalue weighted by Crippen LogP contribution is -2.33. The Labute approximate surface area is 197 Å². The predicted octanol–water partition coefficient (Wildman–Crippen LogP) is 5.61. The highest BCUT2D eigenvalue weighted by molar-refractivity contribution is 5.69. The van der Waals surface area contributed by atoms with Gasteiger partial charge in [0.2, 0.25) is 0 Å². The molecule has 1 heterocycles. The third kappa shape index (κ3) is 9.83. The molecule has 7 atom stereocenters. The SMILES string of the molecule is CCCC[C@@H](F)[C@@H](C=C[C@H]1CC[C@H](O)[C@@H]1[C@@H](F)C=CCCCC(=O)OC)OC1CCCCO1. The van der Waals surface area contributed by atoms with Gasteiger partial charge in [-0.15, -0.1) is 0 Å². The van der Waals surface area contributed by atoms with Crippen molar-refractivity contribution in [2.75, 3.05) is 13.7 Å². The summed E-state index contributed by atoms with van der Waals surface area (Å²) in [5, 5.41) is 10.4. The third-order valence-electron chi connectivity index (χ3n) is 6.59. The molecule has 2 fully saturated rings. The van der Waals surface area contributed by atoms with Gasteiger partial charge in [-0.05, 0) is 57.3 Å². The zero-order valence-corrected chi connectivity index (χ0v) is 20.2. The summed E-state index contributed by atoms with van der Waals surface area (Å²) in [6, 6.07) is 0. The Bertz CT molecular complexity index is 605. The van der Waals surface area contributed by atoms with Crippen molar-refractivity contribution >= 4 is 5.97 Å². The molecule has 1 aliphatic carbocycles. The maximum absolute atomic E-state index is 15.0.